The van der Waals surface area contributed by atoms with Crippen LogP contribution in [0.4, 0.5) is 5.95 Å². The van der Waals surface area contributed by atoms with Crippen molar-refractivity contribution in [2.45, 2.75) is 25.8 Å². The number of esters is 1. The molecule has 18 heavy (non-hydrogen) atoms. The van der Waals surface area contributed by atoms with Gasteiger partial charge >= 0.3 is 5.97 Å². The van der Waals surface area contributed by atoms with E-state index in [4.69, 9.17) is 10.8 Å². The molecule has 0 aliphatic heterocycles. The molecule has 1 aromatic heterocycles. The fourth-order valence-electron chi connectivity index (χ4n) is 1.49. The van der Waals surface area contributed by atoms with Gasteiger partial charge in [0, 0.05) is 19.2 Å². The summed E-state index contributed by atoms with van der Waals surface area (Å²) in [5.74, 6) is -0.404. The standard InChI is InChI=1S/C11H17N3O4/c1-18-10(17)7-8-6-9(16)14(11(12)13-8)4-2-3-5-15/h6,15H,2-5,7H2,1H3,(H2,12,13). The third-order valence-corrected chi connectivity index (χ3v) is 2.43. The van der Waals surface area contributed by atoms with Gasteiger partial charge in [-0.1, -0.05) is 0 Å². The number of aliphatic hydroxyl groups excluding tert-OH is 1. The second-order valence-electron chi connectivity index (χ2n) is 3.78. The van der Waals surface area contributed by atoms with Gasteiger partial charge in [-0.3, -0.25) is 14.2 Å². The number of carbonyl (C=O) groups is 1. The molecule has 0 radical (unpaired) electrons. The van der Waals surface area contributed by atoms with E-state index in [1.165, 1.54) is 17.7 Å². The predicted molar refractivity (Wildman–Crippen MR) is 64.9 cm³/mol. The molecule has 1 heterocycles. The van der Waals surface area contributed by atoms with Crippen molar-refractivity contribution in [2.75, 3.05) is 19.5 Å². The minimum absolute atomic E-state index is 0.0688. The second kappa shape index (κ2) is 6.75. The highest BCUT2D eigenvalue weighted by atomic mass is 16.5. The predicted octanol–water partition coefficient (Wildman–Crippen LogP) is -0.686. The maximum absolute atomic E-state index is 11.8. The van der Waals surface area contributed by atoms with Crippen LogP contribution in [0.15, 0.2) is 10.9 Å². The van der Waals surface area contributed by atoms with Crippen molar-refractivity contribution >= 4 is 11.9 Å². The number of hydrogen-bond donors (Lipinski definition) is 2. The first-order valence-electron chi connectivity index (χ1n) is 5.62. The van der Waals surface area contributed by atoms with Crippen molar-refractivity contribution in [1.29, 1.82) is 0 Å². The molecule has 0 bridgehead atoms. The molecular weight excluding hydrogens is 238 g/mol. The summed E-state index contributed by atoms with van der Waals surface area (Å²) in [6.45, 7) is 0.471. The number of rotatable bonds is 6. The number of unbranched alkanes of at least 4 members (excludes halogenated alkanes) is 1. The zero-order chi connectivity index (χ0) is 13.5. The molecule has 0 unspecified atom stereocenters. The molecule has 0 atom stereocenters. The summed E-state index contributed by atoms with van der Waals surface area (Å²) in [4.78, 5) is 26.8. The van der Waals surface area contributed by atoms with E-state index >= 15 is 0 Å². The Labute approximate surface area is 104 Å². The summed E-state index contributed by atoms with van der Waals surface area (Å²) < 4.78 is 5.80. The van der Waals surface area contributed by atoms with Crippen LogP contribution in [-0.2, 0) is 22.5 Å². The van der Waals surface area contributed by atoms with Crippen LogP contribution < -0.4 is 11.3 Å². The number of carbonyl (C=O) groups excluding carboxylic acids is 1. The lowest BCUT2D eigenvalue weighted by Crippen LogP contribution is -2.25. The number of aliphatic hydroxyl groups is 1. The van der Waals surface area contributed by atoms with E-state index in [2.05, 4.69) is 9.72 Å². The molecule has 0 saturated carbocycles. The largest absolute Gasteiger partial charge is 0.469 e. The summed E-state index contributed by atoms with van der Waals surface area (Å²) in [5, 5.41) is 8.67. The zero-order valence-corrected chi connectivity index (χ0v) is 10.3. The van der Waals surface area contributed by atoms with E-state index in [1.807, 2.05) is 0 Å². The van der Waals surface area contributed by atoms with Gasteiger partial charge in [-0.15, -0.1) is 0 Å². The molecule has 7 nitrogen and oxygen atoms in total. The van der Waals surface area contributed by atoms with Crippen molar-refractivity contribution in [2.24, 2.45) is 0 Å². The van der Waals surface area contributed by atoms with E-state index in [-0.39, 0.29) is 24.5 Å². The zero-order valence-electron chi connectivity index (χ0n) is 10.3. The van der Waals surface area contributed by atoms with Gasteiger partial charge in [0.05, 0.1) is 19.2 Å². The average molecular weight is 255 g/mol. The molecule has 1 rings (SSSR count). The van der Waals surface area contributed by atoms with Crippen LogP contribution in [0.5, 0.6) is 0 Å². The van der Waals surface area contributed by atoms with Gasteiger partial charge in [-0.05, 0) is 12.8 Å². The third-order valence-electron chi connectivity index (χ3n) is 2.43. The number of methoxy groups -OCH3 is 1. The molecule has 100 valence electrons. The first-order valence-corrected chi connectivity index (χ1v) is 5.62. The summed E-state index contributed by atoms with van der Waals surface area (Å²) in [5.41, 5.74) is 5.65. The van der Waals surface area contributed by atoms with E-state index in [0.717, 1.165) is 0 Å². The van der Waals surface area contributed by atoms with Crippen molar-refractivity contribution in [3.63, 3.8) is 0 Å². The Morgan fingerprint density at radius 1 is 1.56 bits per heavy atom. The smallest absolute Gasteiger partial charge is 0.311 e. The van der Waals surface area contributed by atoms with Gasteiger partial charge in [-0.2, -0.15) is 0 Å². The lowest BCUT2D eigenvalue weighted by molar-refractivity contribution is -0.139. The maximum Gasteiger partial charge on any atom is 0.311 e. The highest BCUT2D eigenvalue weighted by Gasteiger charge is 2.09. The Bertz CT molecular complexity index is 470. The highest BCUT2D eigenvalue weighted by molar-refractivity contribution is 5.71. The lowest BCUT2D eigenvalue weighted by atomic mass is 10.3. The summed E-state index contributed by atoms with van der Waals surface area (Å²) in [7, 11) is 1.27. The topological polar surface area (TPSA) is 107 Å². The minimum atomic E-state index is -0.473. The molecule has 0 aromatic carbocycles. The molecular formula is C11H17N3O4. The van der Waals surface area contributed by atoms with Crippen molar-refractivity contribution in [3.8, 4) is 0 Å². The molecule has 0 aliphatic rings. The van der Waals surface area contributed by atoms with Gasteiger partial charge in [0.2, 0.25) is 5.95 Å². The quantitative estimate of drug-likeness (QED) is 0.515. The Balaban J connectivity index is 2.84. The number of nitrogens with zero attached hydrogens (tertiary/aromatic N) is 2. The second-order valence-corrected chi connectivity index (χ2v) is 3.78. The Morgan fingerprint density at radius 2 is 2.28 bits per heavy atom. The van der Waals surface area contributed by atoms with E-state index < -0.39 is 5.97 Å². The van der Waals surface area contributed by atoms with Crippen LogP contribution in [-0.4, -0.2) is 34.3 Å². The monoisotopic (exact) mass is 255 g/mol. The van der Waals surface area contributed by atoms with Crippen LogP contribution >= 0.6 is 0 Å². The number of aromatic nitrogens is 2. The first kappa shape index (κ1) is 14.2. The fourth-order valence-corrected chi connectivity index (χ4v) is 1.49. The van der Waals surface area contributed by atoms with E-state index in [9.17, 15) is 9.59 Å². The van der Waals surface area contributed by atoms with Gasteiger partial charge in [0.1, 0.15) is 0 Å². The highest BCUT2D eigenvalue weighted by Crippen LogP contribution is 2.02. The summed E-state index contributed by atoms with van der Waals surface area (Å²) in [6.07, 6.45) is 1.15. The molecule has 3 N–H and O–H groups in total. The van der Waals surface area contributed by atoms with Gasteiger partial charge in [-0.25, -0.2) is 4.98 Å². The Kier molecular flexibility index (Phi) is 5.31. The molecule has 7 heteroatoms. The average Bonchev–Trinajstić information content (AvgIpc) is 2.32. The number of nitrogens with two attached hydrogens (primary N) is 1. The molecule has 0 amide bonds. The Morgan fingerprint density at radius 3 is 2.83 bits per heavy atom. The van der Waals surface area contributed by atoms with Crippen LogP contribution in [0.3, 0.4) is 0 Å². The molecule has 1 aromatic rings. The van der Waals surface area contributed by atoms with Crippen molar-refractivity contribution in [3.05, 3.63) is 22.1 Å². The number of ether oxygens (including phenoxy) is 1. The van der Waals surface area contributed by atoms with Crippen molar-refractivity contribution in [1.82, 2.24) is 9.55 Å². The van der Waals surface area contributed by atoms with Crippen LogP contribution in [0.1, 0.15) is 18.5 Å². The van der Waals surface area contributed by atoms with Crippen LogP contribution in [0.2, 0.25) is 0 Å². The van der Waals surface area contributed by atoms with Gasteiger partial charge in [0.25, 0.3) is 5.56 Å². The van der Waals surface area contributed by atoms with Crippen molar-refractivity contribution < 1.29 is 14.6 Å². The normalized spacial score (nSPS) is 10.3. The van der Waals surface area contributed by atoms with Gasteiger partial charge in [0.15, 0.2) is 0 Å². The molecule has 0 aliphatic carbocycles. The molecule has 0 saturated heterocycles. The summed E-state index contributed by atoms with van der Waals surface area (Å²) >= 11 is 0. The van der Waals surface area contributed by atoms with E-state index in [0.29, 0.717) is 25.1 Å². The molecule has 0 spiro atoms. The Hall–Kier alpha value is -1.89. The fraction of sp³-hybridized carbons (Fsp3) is 0.545. The number of hydrogen-bond acceptors (Lipinski definition) is 6. The van der Waals surface area contributed by atoms with Crippen LogP contribution in [0.25, 0.3) is 0 Å². The summed E-state index contributed by atoms with van der Waals surface area (Å²) in [6, 6.07) is 1.27. The third kappa shape index (κ3) is 3.85. The lowest BCUT2D eigenvalue weighted by Gasteiger charge is -2.09. The number of nitrogen functional groups attached to an aromatic ring is 1. The first-order chi connectivity index (χ1) is 8.58. The molecule has 0 fully saturated rings. The maximum atomic E-state index is 11.8. The van der Waals surface area contributed by atoms with Crippen LogP contribution in [0, 0.1) is 0 Å². The van der Waals surface area contributed by atoms with Gasteiger partial charge < -0.3 is 15.6 Å². The SMILES string of the molecule is COC(=O)Cc1cc(=O)n(CCCCO)c(N)n1. The minimum Gasteiger partial charge on any atom is -0.469 e. The number of anilines is 1. The van der Waals surface area contributed by atoms with E-state index in [1.54, 1.807) is 0 Å².